The smallest absolute Gasteiger partial charge is 0.113 e. The molecule has 2 heteroatoms. The Balaban J connectivity index is 3.13. The molecule has 0 amide bonds. The van der Waals surface area contributed by atoms with Crippen molar-refractivity contribution in [2.45, 2.75) is 110 Å². The molecule has 0 bridgehead atoms. The highest BCUT2D eigenvalue weighted by atomic mass is 16.5. The number of ether oxygens (including phenoxy) is 2. The SMILES string of the molecule is CCCCCCCCCCCCCC/C=C\OCC(CC)OC. The van der Waals surface area contributed by atoms with Gasteiger partial charge in [-0.1, -0.05) is 84.5 Å². The molecule has 0 radical (unpaired) electrons. The first-order valence-electron chi connectivity index (χ1n) is 10.1. The lowest BCUT2D eigenvalue weighted by atomic mass is 10.0. The molecular formula is C21H42O2. The number of unbranched alkanes of at least 4 members (excludes halogenated alkanes) is 12. The van der Waals surface area contributed by atoms with Crippen molar-refractivity contribution >= 4 is 0 Å². The van der Waals surface area contributed by atoms with Crippen LogP contribution >= 0.6 is 0 Å². The highest BCUT2D eigenvalue weighted by molar-refractivity contribution is 4.73. The van der Waals surface area contributed by atoms with Crippen LogP contribution in [0.15, 0.2) is 12.3 Å². The minimum absolute atomic E-state index is 0.228. The Hall–Kier alpha value is -0.500. The Kier molecular flexibility index (Phi) is 19.1. The van der Waals surface area contributed by atoms with E-state index in [1.54, 1.807) is 7.11 Å². The Morgan fingerprint density at radius 2 is 1.26 bits per heavy atom. The molecule has 0 heterocycles. The van der Waals surface area contributed by atoms with Gasteiger partial charge in [0, 0.05) is 7.11 Å². The third kappa shape index (κ3) is 17.7. The standard InChI is InChI=1S/C21H42O2/c1-4-6-7-8-9-10-11-12-13-14-15-16-17-18-19-23-20-21(5-2)22-3/h18-19,21H,4-17,20H2,1-3H3/b19-18-. The van der Waals surface area contributed by atoms with Crippen LogP contribution in [0.3, 0.4) is 0 Å². The van der Waals surface area contributed by atoms with Crippen LogP contribution in [0.4, 0.5) is 0 Å². The molecule has 1 atom stereocenters. The molecule has 0 fully saturated rings. The van der Waals surface area contributed by atoms with Gasteiger partial charge in [0.05, 0.1) is 12.4 Å². The van der Waals surface area contributed by atoms with E-state index in [4.69, 9.17) is 9.47 Å². The Morgan fingerprint density at radius 1 is 0.739 bits per heavy atom. The quantitative estimate of drug-likeness (QED) is 0.199. The first kappa shape index (κ1) is 22.5. The van der Waals surface area contributed by atoms with E-state index in [2.05, 4.69) is 19.9 Å². The molecule has 0 aliphatic carbocycles. The number of allylic oxidation sites excluding steroid dienone is 1. The second-order valence-electron chi connectivity index (χ2n) is 6.65. The maximum absolute atomic E-state index is 5.48. The van der Waals surface area contributed by atoms with Crippen LogP contribution in [0.25, 0.3) is 0 Å². The first-order chi connectivity index (χ1) is 11.3. The van der Waals surface area contributed by atoms with Gasteiger partial charge in [0.2, 0.25) is 0 Å². The van der Waals surface area contributed by atoms with Gasteiger partial charge in [-0.25, -0.2) is 0 Å². The van der Waals surface area contributed by atoms with Crippen LogP contribution in [0.1, 0.15) is 104 Å². The average Bonchev–Trinajstić information content (AvgIpc) is 2.58. The van der Waals surface area contributed by atoms with Gasteiger partial charge < -0.3 is 9.47 Å². The van der Waals surface area contributed by atoms with E-state index in [0.717, 1.165) is 12.8 Å². The van der Waals surface area contributed by atoms with Crippen LogP contribution in [0.5, 0.6) is 0 Å². The normalized spacial score (nSPS) is 12.8. The molecule has 0 saturated heterocycles. The molecule has 23 heavy (non-hydrogen) atoms. The van der Waals surface area contributed by atoms with Crippen molar-refractivity contribution in [3.05, 3.63) is 12.3 Å². The summed E-state index contributed by atoms with van der Waals surface area (Å²) in [6.45, 7) is 5.07. The topological polar surface area (TPSA) is 18.5 Å². The third-order valence-corrected chi connectivity index (χ3v) is 4.49. The van der Waals surface area contributed by atoms with E-state index in [1.807, 2.05) is 6.26 Å². The molecule has 0 saturated carbocycles. The van der Waals surface area contributed by atoms with E-state index in [1.165, 1.54) is 77.0 Å². The molecular weight excluding hydrogens is 284 g/mol. The maximum Gasteiger partial charge on any atom is 0.113 e. The number of hydrogen-bond donors (Lipinski definition) is 0. The van der Waals surface area contributed by atoms with Crippen LogP contribution in [-0.4, -0.2) is 19.8 Å². The van der Waals surface area contributed by atoms with Crippen molar-refractivity contribution in [1.29, 1.82) is 0 Å². The zero-order chi connectivity index (χ0) is 17.0. The van der Waals surface area contributed by atoms with Gasteiger partial charge in [-0.05, 0) is 25.3 Å². The third-order valence-electron chi connectivity index (χ3n) is 4.49. The fourth-order valence-electron chi connectivity index (χ4n) is 2.75. The van der Waals surface area contributed by atoms with Gasteiger partial charge in [-0.3, -0.25) is 0 Å². The minimum Gasteiger partial charge on any atom is -0.499 e. The van der Waals surface area contributed by atoms with Gasteiger partial charge in [0.25, 0.3) is 0 Å². The van der Waals surface area contributed by atoms with Crippen molar-refractivity contribution in [1.82, 2.24) is 0 Å². The summed E-state index contributed by atoms with van der Waals surface area (Å²) in [5.74, 6) is 0. The molecule has 0 aromatic heterocycles. The van der Waals surface area contributed by atoms with E-state index >= 15 is 0 Å². The van der Waals surface area contributed by atoms with Gasteiger partial charge in [0.1, 0.15) is 6.61 Å². The van der Waals surface area contributed by atoms with Crippen LogP contribution < -0.4 is 0 Å². The van der Waals surface area contributed by atoms with Gasteiger partial charge in [-0.2, -0.15) is 0 Å². The van der Waals surface area contributed by atoms with Gasteiger partial charge in [0.15, 0.2) is 0 Å². The van der Waals surface area contributed by atoms with Crippen molar-refractivity contribution in [2.75, 3.05) is 13.7 Å². The summed E-state index contributed by atoms with van der Waals surface area (Å²) >= 11 is 0. The second kappa shape index (κ2) is 19.5. The Labute approximate surface area is 146 Å². The molecule has 0 aromatic carbocycles. The average molecular weight is 327 g/mol. The maximum atomic E-state index is 5.48. The van der Waals surface area contributed by atoms with Crippen molar-refractivity contribution in [3.8, 4) is 0 Å². The van der Waals surface area contributed by atoms with Crippen LogP contribution in [-0.2, 0) is 9.47 Å². The van der Waals surface area contributed by atoms with Gasteiger partial charge in [-0.15, -0.1) is 0 Å². The zero-order valence-corrected chi connectivity index (χ0v) is 16.2. The zero-order valence-electron chi connectivity index (χ0n) is 16.2. The molecule has 1 unspecified atom stereocenters. The molecule has 0 N–H and O–H groups in total. The molecule has 2 nitrogen and oxygen atoms in total. The van der Waals surface area contributed by atoms with Gasteiger partial charge >= 0.3 is 0 Å². The van der Waals surface area contributed by atoms with Crippen molar-refractivity contribution < 1.29 is 9.47 Å². The van der Waals surface area contributed by atoms with E-state index in [9.17, 15) is 0 Å². The number of rotatable bonds is 18. The fourth-order valence-corrected chi connectivity index (χ4v) is 2.75. The fraction of sp³-hybridized carbons (Fsp3) is 0.905. The molecule has 0 aliphatic heterocycles. The summed E-state index contributed by atoms with van der Waals surface area (Å²) in [5, 5.41) is 0. The minimum atomic E-state index is 0.228. The van der Waals surface area contributed by atoms with Crippen molar-refractivity contribution in [3.63, 3.8) is 0 Å². The largest absolute Gasteiger partial charge is 0.499 e. The number of hydrogen-bond acceptors (Lipinski definition) is 2. The lowest BCUT2D eigenvalue weighted by Gasteiger charge is -2.11. The molecule has 138 valence electrons. The highest BCUT2D eigenvalue weighted by Gasteiger charge is 2.01. The second-order valence-corrected chi connectivity index (χ2v) is 6.65. The Morgan fingerprint density at radius 3 is 1.74 bits per heavy atom. The van der Waals surface area contributed by atoms with E-state index in [0.29, 0.717) is 6.61 Å². The first-order valence-corrected chi connectivity index (χ1v) is 10.1. The summed E-state index contributed by atoms with van der Waals surface area (Å²) < 4.78 is 10.7. The summed E-state index contributed by atoms with van der Waals surface area (Å²) in [7, 11) is 1.74. The predicted molar refractivity (Wildman–Crippen MR) is 102 cm³/mol. The lowest BCUT2D eigenvalue weighted by Crippen LogP contribution is -2.15. The Bertz CT molecular complexity index is 234. The monoisotopic (exact) mass is 326 g/mol. The molecule has 0 aliphatic rings. The van der Waals surface area contributed by atoms with E-state index in [-0.39, 0.29) is 6.10 Å². The molecule has 0 rings (SSSR count). The van der Waals surface area contributed by atoms with E-state index < -0.39 is 0 Å². The molecule has 0 aromatic rings. The summed E-state index contributed by atoms with van der Waals surface area (Å²) in [6, 6.07) is 0. The lowest BCUT2D eigenvalue weighted by molar-refractivity contribution is 0.0397. The van der Waals surface area contributed by atoms with Crippen molar-refractivity contribution in [2.24, 2.45) is 0 Å². The summed E-state index contributed by atoms with van der Waals surface area (Å²) in [5.41, 5.74) is 0. The molecule has 0 spiro atoms. The van der Waals surface area contributed by atoms with Crippen LogP contribution in [0, 0.1) is 0 Å². The summed E-state index contributed by atoms with van der Waals surface area (Å²) in [6.07, 6.45) is 23.3. The van der Waals surface area contributed by atoms with Crippen LogP contribution in [0.2, 0.25) is 0 Å². The summed E-state index contributed by atoms with van der Waals surface area (Å²) in [4.78, 5) is 0. The predicted octanol–water partition coefficient (Wildman–Crippen LogP) is 7.03. The number of methoxy groups -OCH3 is 1. The highest BCUT2D eigenvalue weighted by Crippen LogP contribution is 2.12.